The molecular formula is C25H27N2O6+. The summed E-state index contributed by atoms with van der Waals surface area (Å²) < 4.78 is 17.1. The number of hydrogen-bond acceptors (Lipinski definition) is 5. The van der Waals surface area contributed by atoms with Crippen LogP contribution in [-0.4, -0.2) is 36.8 Å². The van der Waals surface area contributed by atoms with Gasteiger partial charge in [-0.15, -0.1) is 0 Å². The normalized spacial score (nSPS) is 12.5. The van der Waals surface area contributed by atoms with Crippen LogP contribution in [0.3, 0.4) is 0 Å². The van der Waals surface area contributed by atoms with Gasteiger partial charge in [0.25, 0.3) is 5.82 Å². The van der Waals surface area contributed by atoms with Crippen LogP contribution in [0, 0.1) is 0 Å². The van der Waals surface area contributed by atoms with E-state index in [0.717, 1.165) is 5.56 Å². The topological polar surface area (TPSA) is 108 Å². The Morgan fingerprint density at radius 2 is 1.67 bits per heavy atom. The van der Waals surface area contributed by atoms with Gasteiger partial charge >= 0.3 is 11.9 Å². The van der Waals surface area contributed by atoms with E-state index < -0.39 is 11.9 Å². The third-order valence-corrected chi connectivity index (χ3v) is 4.77. The second kappa shape index (κ2) is 11.1. The van der Waals surface area contributed by atoms with Gasteiger partial charge in [0.05, 0.1) is 17.7 Å². The highest BCUT2D eigenvalue weighted by Gasteiger charge is 2.18. The standard InChI is InChI=1S/C25H26N2O6/c1-16(15-31-3)32-21-11-20(24(28)27-23-10-9-19(14-26-23)25(29)30)12-22(13-21)33-17(2)18-7-5-4-6-8-18/h4-14,16-17H,15H2,1-3H3,(H,29,30)(H,26,27,28)/p+1/t16-,17-/m0/s1. The van der Waals surface area contributed by atoms with Crippen LogP contribution in [0.1, 0.15) is 46.2 Å². The van der Waals surface area contributed by atoms with Gasteiger partial charge in [0.1, 0.15) is 29.9 Å². The number of aromatic amines is 1. The van der Waals surface area contributed by atoms with Gasteiger partial charge in [0, 0.05) is 19.2 Å². The zero-order chi connectivity index (χ0) is 23.8. The zero-order valence-corrected chi connectivity index (χ0v) is 18.7. The van der Waals surface area contributed by atoms with Gasteiger partial charge in [-0.3, -0.25) is 0 Å². The van der Waals surface area contributed by atoms with Crippen molar-refractivity contribution in [3.05, 3.63) is 83.6 Å². The lowest BCUT2D eigenvalue weighted by atomic mass is 10.1. The van der Waals surface area contributed by atoms with Gasteiger partial charge in [-0.25, -0.2) is 19.9 Å². The van der Waals surface area contributed by atoms with E-state index in [-0.39, 0.29) is 17.8 Å². The Morgan fingerprint density at radius 1 is 0.970 bits per heavy atom. The summed E-state index contributed by atoms with van der Waals surface area (Å²) in [4.78, 5) is 26.7. The maximum atomic E-state index is 12.9. The first-order valence-electron chi connectivity index (χ1n) is 10.4. The van der Waals surface area contributed by atoms with Crippen LogP contribution in [0.4, 0.5) is 5.82 Å². The van der Waals surface area contributed by atoms with Crippen molar-refractivity contribution in [2.75, 3.05) is 19.0 Å². The molecule has 1 amide bonds. The summed E-state index contributed by atoms with van der Waals surface area (Å²) in [6, 6.07) is 17.6. The summed E-state index contributed by atoms with van der Waals surface area (Å²) in [5, 5.41) is 11.7. The molecular weight excluding hydrogens is 424 g/mol. The van der Waals surface area contributed by atoms with Crippen LogP contribution >= 0.6 is 0 Å². The van der Waals surface area contributed by atoms with E-state index in [1.54, 1.807) is 25.3 Å². The van der Waals surface area contributed by atoms with Gasteiger partial charge in [0.2, 0.25) is 0 Å². The van der Waals surface area contributed by atoms with Gasteiger partial charge in [-0.2, -0.15) is 0 Å². The third kappa shape index (κ3) is 6.78. The minimum absolute atomic E-state index is 0.0844. The number of nitrogens with one attached hydrogen (secondary N) is 2. The molecule has 0 saturated carbocycles. The predicted octanol–water partition coefficient (Wildman–Crippen LogP) is 4.00. The third-order valence-electron chi connectivity index (χ3n) is 4.77. The van der Waals surface area contributed by atoms with E-state index in [0.29, 0.717) is 29.5 Å². The van der Waals surface area contributed by atoms with Crippen molar-refractivity contribution in [2.45, 2.75) is 26.1 Å². The van der Waals surface area contributed by atoms with Crippen molar-refractivity contribution in [3.63, 3.8) is 0 Å². The molecule has 0 spiro atoms. The van der Waals surface area contributed by atoms with E-state index in [1.165, 1.54) is 18.3 Å². The number of benzene rings is 2. The van der Waals surface area contributed by atoms with Gasteiger partial charge in [-0.05, 0) is 37.6 Å². The molecule has 0 radical (unpaired) electrons. The molecule has 8 heteroatoms. The number of carbonyl (C=O) groups is 2. The fourth-order valence-electron chi connectivity index (χ4n) is 3.17. The number of anilines is 1. The highest BCUT2D eigenvalue weighted by atomic mass is 16.5. The number of pyridine rings is 1. The van der Waals surface area contributed by atoms with E-state index in [2.05, 4.69) is 10.3 Å². The van der Waals surface area contributed by atoms with Crippen molar-refractivity contribution in [2.24, 2.45) is 0 Å². The number of carbonyl (C=O) groups excluding carboxylic acids is 1. The number of H-pyrrole nitrogens is 1. The van der Waals surface area contributed by atoms with E-state index in [9.17, 15) is 9.59 Å². The molecule has 172 valence electrons. The van der Waals surface area contributed by atoms with Crippen molar-refractivity contribution >= 4 is 17.7 Å². The molecule has 0 bridgehead atoms. The Bertz CT molecular complexity index is 1090. The molecule has 0 saturated heterocycles. The molecule has 0 unspecified atom stereocenters. The lowest BCUT2D eigenvalue weighted by Crippen LogP contribution is -2.21. The number of ether oxygens (including phenoxy) is 3. The van der Waals surface area contributed by atoms with Gasteiger partial charge in [-0.1, -0.05) is 30.3 Å². The monoisotopic (exact) mass is 451 g/mol. The molecule has 1 aromatic heterocycles. The molecule has 3 N–H and O–H groups in total. The molecule has 2 atom stereocenters. The van der Waals surface area contributed by atoms with Gasteiger partial charge in [0.15, 0.2) is 0 Å². The minimum atomic E-state index is -1.06. The molecule has 3 aromatic rings. The predicted molar refractivity (Wildman–Crippen MR) is 122 cm³/mol. The lowest BCUT2D eigenvalue weighted by Gasteiger charge is -2.18. The Kier molecular flexibility index (Phi) is 7.99. The number of carboxylic acid groups (broad SMARTS) is 1. The molecule has 3 rings (SSSR count). The summed E-state index contributed by atoms with van der Waals surface area (Å²) in [5.74, 6) is -0.175. The second-order valence-corrected chi connectivity index (χ2v) is 7.50. The Labute approximate surface area is 192 Å². The van der Waals surface area contributed by atoms with Crippen LogP contribution in [-0.2, 0) is 4.74 Å². The molecule has 0 aliphatic carbocycles. The van der Waals surface area contributed by atoms with Gasteiger partial charge < -0.3 is 19.3 Å². The lowest BCUT2D eigenvalue weighted by molar-refractivity contribution is -0.360. The molecule has 8 nitrogen and oxygen atoms in total. The quantitative estimate of drug-likeness (QED) is 0.482. The molecule has 0 fully saturated rings. The molecule has 33 heavy (non-hydrogen) atoms. The smallest absolute Gasteiger partial charge is 0.339 e. The molecule has 0 aliphatic heterocycles. The number of hydrogen-bond donors (Lipinski definition) is 2. The Balaban J connectivity index is 1.84. The zero-order valence-electron chi connectivity index (χ0n) is 18.7. The summed E-state index contributed by atoms with van der Waals surface area (Å²) in [6.45, 7) is 4.18. The molecule has 1 heterocycles. The van der Waals surface area contributed by atoms with E-state index in [4.69, 9.17) is 19.3 Å². The maximum Gasteiger partial charge on any atom is 0.339 e. The first kappa shape index (κ1) is 23.7. The number of aromatic nitrogens is 1. The van der Waals surface area contributed by atoms with E-state index in [1.807, 2.05) is 44.2 Å². The first-order chi connectivity index (χ1) is 15.9. The van der Waals surface area contributed by atoms with Crippen molar-refractivity contribution in [1.82, 2.24) is 0 Å². The number of methoxy groups -OCH3 is 1. The van der Waals surface area contributed by atoms with Crippen molar-refractivity contribution < 1.29 is 33.9 Å². The van der Waals surface area contributed by atoms with E-state index >= 15 is 0 Å². The number of aromatic carboxylic acids is 1. The Morgan fingerprint density at radius 3 is 2.27 bits per heavy atom. The van der Waals surface area contributed by atoms with Crippen molar-refractivity contribution in [1.29, 1.82) is 0 Å². The molecule has 2 aromatic carbocycles. The Hall–Kier alpha value is -3.91. The van der Waals surface area contributed by atoms with Crippen LogP contribution in [0.5, 0.6) is 11.5 Å². The van der Waals surface area contributed by atoms with Crippen LogP contribution in [0.15, 0.2) is 66.9 Å². The first-order valence-corrected chi connectivity index (χ1v) is 10.4. The molecule has 0 aliphatic rings. The summed E-state index contributed by atoms with van der Waals surface area (Å²) in [7, 11) is 1.59. The average molecular weight is 451 g/mol. The summed E-state index contributed by atoms with van der Waals surface area (Å²) >= 11 is 0. The van der Waals surface area contributed by atoms with Crippen LogP contribution in [0.2, 0.25) is 0 Å². The largest absolute Gasteiger partial charge is 0.488 e. The van der Waals surface area contributed by atoms with Crippen LogP contribution < -0.4 is 19.8 Å². The average Bonchev–Trinajstić information content (AvgIpc) is 2.80. The summed E-state index contributed by atoms with van der Waals surface area (Å²) in [6.07, 6.45) is 0.829. The fraction of sp³-hybridized carbons (Fsp3) is 0.240. The van der Waals surface area contributed by atoms with Crippen LogP contribution in [0.25, 0.3) is 0 Å². The highest BCUT2D eigenvalue weighted by molar-refractivity contribution is 6.04. The second-order valence-electron chi connectivity index (χ2n) is 7.50. The maximum absolute atomic E-state index is 12.9. The fourth-order valence-corrected chi connectivity index (χ4v) is 3.17. The van der Waals surface area contributed by atoms with Crippen molar-refractivity contribution in [3.8, 4) is 11.5 Å². The minimum Gasteiger partial charge on any atom is -0.488 e. The number of amides is 1. The summed E-state index contributed by atoms with van der Waals surface area (Å²) in [5.41, 5.74) is 1.40. The number of rotatable bonds is 10. The number of carboxylic acids is 1. The highest BCUT2D eigenvalue weighted by Crippen LogP contribution is 2.28. The SMILES string of the molecule is COC[C@H](C)Oc1cc(O[C@@H](C)c2ccccc2)cc(C(=O)Nc2ccc(C(=O)O)c[nH+]2)c1.